The summed E-state index contributed by atoms with van der Waals surface area (Å²) in [7, 11) is 1.39. The van der Waals surface area contributed by atoms with E-state index < -0.39 is 11.8 Å². The summed E-state index contributed by atoms with van der Waals surface area (Å²) in [6.07, 6.45) is 5.88. The third kappa shape index (κ3) is 5.79. The number of aryl methyl sites for hydroxylation is 2. The lowest BCUT2D eigenvalue weighted by Gasteiger charge is -2.35. The quantitative estimate of drug-likeness (QED) is 0.386. The molecule has 4 rings (SSSR count). The second-order valence-electron chi connectivity index (χ2n) is 11.3. The summed E-state index contributed by atoms with van der Waals surface area (Å²) in [5.41, 5.74) is 4.90. The molecular weight excluding hydrogens is 440 g/mol. The van der Waals surface area contributed by atoms with Gasteiger partial charge < -0.3 is 14.6 Å². The molecule has 2 aromatic rings. The number of carbonyl (C=O) groups is 2. The van der Waals surface area contributed by atoms with Crippen molar-refractivity contribution in [3.63, 3.8) is 0 Å². The van der Waals surface area contributed by atoms with Crippen molar-refractivity contribution in [2.75, 3.05) is 12.4 Å². The van der Waals surface area contributed by atoms with Crippen LogP contribution in [0.3, 0.4) is 0 Å². The number of hydrogen-bond acceptors (Lipinski definition) is 5. The molecule has 0 saturated heterocycles. The maximum absolute atomic E-state index is 13.2. The summed E-state index contributed by atoms with van der Waals surface area (Å²) in [4.78, 5) is 25.8. The van der Waals surface area contributed by atoms with Gasteiger partial charge in [0.1, 0.15) is 5.76 Å². The molecule has 35 heavy (non-hydrogen) atoms. The van der Waals surface area contributed by atoms with Crippen molar-refractivity contribution in [2.24, 2.45) is 17.8 Å². The Morgan fingerprint density at radius 1 is 1.14 bits per heavy atom. The molecule has 1 aromatic heterocycles. The number of esters is 1. The molecule has 190 valence electrons. The van der Waals surface area contributed by atoms with Crippen LogP contribution >= 0.6 is 0 Å². The van der Waals surface area contributed by atoms with Gasteiger partial charge in [-0.1, -0.05) is 43.6 Å². The van der Waals surface area contributed by atoms with Gasteiger partial charge in [-0.2, -0.15) is 0 Å². The molecule has 2 atom stereocenters. The molecule has 2 aliphatic rings. The van der Waals surface area contributed by atoms with E-state index in [1.807, 2.05) is 39.0 Å². The highest BCUT2D eigenvalue weighted by atomic mass is 16.5. The van der Waals surface area contributed by atoms with Gasteiger partial charge in [0.2, 0.25) is 5.91 Å². The van der Waals surface area contributed by atoms with Crippen LogP contribution in [-0.2, 0) is 14.3 Å². The highest BCUT2D eigenvalue weighted by Crippen LogP contribution is 2.53. The number of nitrogens with zero attached hydrogens (tertiary/aromatic N) is 1. The van der Waals surface area contributed by atoms with E-state index in [1.165, 1.54) is 13.5 Å². The van der Waals surface area contributed by atoms with Crippen molar-refractivity contribution in [3.8, 4) is 0 Å². The van der Waals surface area contributed by atoms with Crippen molar-refractivity contribution in [1.29, 1.82) is 0 Å². The van der Waals surface area contributed by atoms with Crippen molar-refractivity contribution < 1.29 is 18.8 Å². The molecule has 2 aliphatic carbocycles. The summed E-state index contributed by atoms with van der Waals surface area (Å²) < 4.78 is 11.1. The van der Waals surface area contributed by atoms with Gasteiger partial charge in [0.25, 0.3) is 0 Å². The van der Waals surface area contributed by atoms with E-state index in [0.29, 0.717) is 17.8 Å². The van der Waals surface area contributed by atoms with Gasteiger partial charge in [0.15, 0.2) is 0 Å². The number of carbonyl (C=O) groups excluding carboxylic acids is 2. The fraction of sp³-hybridized carbons (Fsp3) is 0.621. The van der Waals surface area contributed by atoms with E-state index in [0.717, 1.165) is 65.4 Å². The predicted octanol–water partition coefficient (Wildman–Crippen LogP) is 6.63. The molecule has 2 unspecified atom stereocenters. The molecule has 0 aliphatic heterocycles. The van der Waals surface area contributed by atoms with Crippen molar-refractivity contribution in [3.05, 3.63) is 46.3 Å². The maximum atomic E-state index is 13.2. The van der Waals surface area contributed by atoms with Gasteiger partial charge in [0.05, 0.1) is 18.7 Å². The third-order valence-electron chi connectivity index (χ3n) is 7.77. The molecule has 1 heterocycles. The minimum absolute atomic E-state index is 0.135. The fourth-order valence-corrected chi connectivity index (χ4v) is 5.69. The minimum Gasteiger partial charge on any atom is -0.469 e. The van der Waals surface area contributed by atoms with Crippen LogP contribution in [0.25, 0.3) is 0 Å². The standard InChI is InChI=1S/C29H40N2O4/c1-16(2)11-20-13-22(14-20)28-26(21-8-9-21)27(31-35-28)23(19(5)29(33)34-6)15-25(32)30-24-10-7-17(3)12-18(24)4/h7,10,12,16,19-23H,8-9,11,13-15H2,1-6H3,(H,30,32). The van der Waals surface area contributed by atoms with Crippen LogP contribution in [0.5, 0.6) is 0 Å². The van der Waals surface area contributed by atoms with Crippen LogP contribution in [0.2, 0.25) is 0 Å². The molecule has 2 saturated carbocycles. The summed E-state index contributed by atoms with van der Waals surface area (Å²) >= 11 is 0. The average molecular weight is 481 g/mol. The molecular formula is C29H40N2O4. The second kappa shape index (κ2) is 10.5. The fourth-order valence-electron chi connectivity index (χ4n) is 5.69. The molecule has 0 radical (unpaired) electrons. The summed E-state index contributed by atoms with van der Waals surface area (Å²) in [6, 6.07) is 5.96. The van der Waals surface area contributed by atoms with Crippen LogP contribution in [0.4, 0.5) is 5.69 Å². The summed E-state index contributed by atoms with van der Waals surface area (Å²) in [6.45, 7) is 10.4. The summed E-state index contributed by atoms with van der Waals surface area (Å²) in [5.74, 6) is 1.90. The monoisotopic (exact) mass is 480 g/mol. The van der Waals surface area contributed by atoms with Gasteiger partial charge in [-0.3, -0.25) is 9.59 Å². The number of benzene rings is 1. The number of aromatic nitrogens is 1. The first-order chi connectivity index (χ1) is 16.7. The third-order valence-corrected chi connectivity index (χ3v) is 7.77. The van der Waals surface area contributed by atoms with Gasteiger partial charge in [-0.05, 0) is 75.3 Å². The highest BCUT2D eigenvalue weighted by Gasteiger charge is 2.43. The van der Waals surface area contributed by atoms with E-state index in [-0.39, 0.29) is 18.3 Å². The average Bonchev–Trinajstić information content (AvgIpc) is 3.53. The lowest BCUT2D eigenvalue weighted by atomic mass is 9.69. The smallest absolute Gasteiger partial charge is 0.309 e. The van der Waals surface area contributed by atoms with Crippen molar-refractivity contribution >= 4 is 17.6 Å². The Morgan fingerprint density at radius 2 is 1.86 bits per heavy atom. The maximum Gasteiger partial charge on any atom is 0.309 e. The normalized spacial score (nSPS) is 21.3. The van der Waals surface area contributed by atoms with E-state index >= 15 is 0 Å². The number of anilines is 1. The van der Waals surface area contributed by atoms with Crippen LogP contribution in [0, 0.1) is 31.6 Å². The zero-order chi connectivity index (χ0) is 25.3. The number of hydrogen-bond donors (Lipinski definition) is 1. The number of amides is 1. The Kier molecular flexibility index (Phi) is 7.67. The topological polar surface area (TPSA) is 81.4 Å². The molecule has 1 amide bonds. The lowest BCUT2D eigenvalue weighted by molar-refractivity contribution is -0.145. The van der Waals surface area contributed by atoms with Gasteiger partial charge >= 0.3 is 5.97 Å². The SMILES string of the molecule is COC(=O)C(C)C(CC(=O)Nc1ccc(C)cc1C)c1noc(C2CC(CC(C)C)C2)c1C1CC1. The number of rotatable bonds is 10. The molecule has 6 heteroatoms. The number of methoxy groups -OCH3 is 1. The zero-order valence-corrected chi connectivity index (χ0v) is 22.0. The first-order valence-electron chi connectivity index (χ1n) is 13.1. The minimum atomic E-state index is -0.504. The van der Waals surface area contributed by atoms with E-state index in [2.05, 4.69) is 24.3 Å². The molecule has 6 nitrogen and oxygen atoms in total. The first-order valence-corrected chi connectivity index (χ1v) is 13.1. The molecule has 1 aromatic carbocycles. The molecule has 0 spiro atoms. The van der Waals surface area contributed by atoms with E-state index in [9.17, 15) is 9.59 Å². The Bertz CT molecular complexity index is 1060. The van der Waals surface area contributed by atoms with Gasteiger partial charge in [0, 0.05) is 29.5 Å². The Hall–Kier alpha value is -2.63. The van der Waals surface area contributed by atoms with E-state index in [4.69, 9.17) is 9.26 Å². The summed E-state index contributed by atoms with van der Waals surface area (Å²) in [5, 5.41) is 7.57. The Labute approximate surface area is 209 Å². The van der Waals surface area contributed by atoms with Crippen LogP contribution in [0.15, 0.2) is 22.7 Å². The highest BCUT2D eigenvalue weighted by molar-refractivity contribution is 5.92. The van der Waals surface area contributed by atoms with Crippen molar-refractivity contribution in [2.45, 2.75) is 90.9 Å². The van der Waals surface area contributed by atoms with Crippen LogP contribution in [-0.4, -0.2) is 24.1 Å². The first kappa shape index (κ1) is 25.5. The molecule has 0 bridgehead atoms. The predicted molar refractivity (Wildman–Crippen MR) is 136 cm³/mol. The number of nitrogens with one attached hydrogen (secondary N) is 1. The van der Waals surface area contributed by atoms with Crippen LogP contribution in [0.1, 0.15) is 105 Å². The second-order valence-corrected chi connectivity index (χ2v) is 11.3. The van der Waals surface area contributed by atoms with Gasteiger partial charge in [-0.15, -0.1) is 0 Å². The zero-order valence-electron chi connectivity index (χ0n) is 22.0. The van der Waals surface area contributed by atoms with E-state index in [1.54, 1.807) is 0 Å². The molecule has 1 N–H and O–H groups in total. The van der Waals surface area contributed by atoms with Crippen molar-refractivity contribution in [1.82, 2.24) is 5.16 Å². The molecule has 2 fully saturated rings. The van der Waals surface area contributed by atoms with Crippen LogP contribution < -0.4 is 5.32 Å². The number of ether oxygens (including phenoxy) is 1. The largest absolute Gasteiger partial charge is 0.469 e. The van der Waals surface area contributed by atoms with Gasteiger partial charge in [-0.25, -0.2) is 0 Å². The Balaban J connectivity index is 1.58. The lowest BCUT2D eigenvalue weighted by Crippen LogP contribution is -2.27. The Morgan fingerprint density at radius 3 is 2.46 bits per heavy atom.